The Morgan fingerprint density at radius 3 is 2.83 bits per heavy atom. The zero-order valence-corrected chi connectivity index (χ0v) is 13.3. The number of esters is 1. The van der Waals surface area contributed by atoms with Crippen LogP contribution in [-0.4, -0.2) is 28.0 Å². The zero-order chi connectivity index (χ0) is 16.6. The van der Waals surface area contributed by atoms with E-state index in [0.29, 0.717) is 28.2 Å². The predicted octanol–water partition coefficient (Wildman–Crippen LogP) is 1.83. The van der Waals surface area contributed by atoms with Gasteiger partial charge in [-0.3, -0.25) is 14.8 Å². The SMILES string of the molecule is COC(=O)C1=C(C)Nc2[nH]c(=S)[nH]c(=O)c2C1c1cccnc1. The first-order valence-electron chi connectivity index (χ1n) is 6.85. The highest BCUT2D eigenvalue weighted by molar-refractivity contribution is 7.71. The van der Waals surface area contributed by atoms with E-state index in [1.54, 1.807) is 25.4 Å². The van der Waals surface area contributed by atoms with Crippen LogP contribution in [0.5, 0.6) is 0 Å². The highest BCUT2D eigenvalue weighted by atomic mass is 32.1. The van der Waals surface area contributed by atoms with E-state index in [1.807, 2.05) is 6.07 Å². The third kappa shape index (κ3) is 2.57. The smallest absolute Gasteiger partial charge is 0.336 e. The number of hydrogen-bond acceptors (Lipinski definition) is 6. The van der Waals surface area contributed by atoms with Gasteiger partial charge in [0.25, 0.3) is 5.56 Å². The molecule has 0 saturated heterocycles. The van der Waals surface area contributed by atoms with E-state index >= 15 is 0 Å². The third-order valence-corrected chi connectivity index (χ3v) is 3.90. The number of nitrogens with one attached hydrogen (secondary N) is 3. The predicted molar refractivity (Wildman–Crippen MR) is 86.7 cm³/mol. The molecule has 0 radical (unpaired) electrons. The Hall–Kier alpha value is -2.74. The van der Waals surface area contributed by atoms with Gasteiger partial charge in [0.05, 0.1) is 24.2 Å². The van der Waals surface area contributed by atoms with Gasteiger partial charge in [-0.1, -0.05) is 6.07 Å². The minimum Gasteiger partial charge on any atom is -0.466 e. The third-order valence-electron chi connectivity index (χ3n) is 3.70. The maximum Gasteiger partial charge on any atom is 0.336 e. The second-order valence-electron chi connectivity index (χ2n) is 5.07. The van der Waals surface area contributed by atoms with Crippen molar-refractivity contribution in [2.24, 2.45) is 0 Å². The molecule has 0 saturated carbocycles. The highest BCUT2D eigenvalue weighted by Gasteiger charge is 2.35. The summed E-state index contributed by atoms with van der Waals surface area (Å²) in [7, 11) is 1.31. The Balaban J connectivity index is 2.33. The molecule has 3 N–H and O–H groups in total. The number of nitrogens with zero attached hydrogens (tertiary/aromatic N) is 1. The number of H-pyrrole nitrogens is 2. The van der Waals surface area contributed by atoms with Crippen LogP contribution in [0.3, 0.4) is 0 Å². The average Bonchev–Trinajstić information content (AvgIpc) is 2.53. The summed E-state index contributed by atoms with van der Waals surface area (Å²) in [6.45, 7) is 1.75. The van der Waals surface area contributed by atoms with Crippen molar-refractivity contribution >= 4 is 24.0 Å². The van der Waals surface area contributed by atoms with Crippen molar-refractivity contribution in [3.63, 3.8) is 0 Å². The molecule has 0 spiro atoms. The molecule has 1 unspecified atom stereocenters. The summed E-state index contributed by atoms with van der Waals surface area (Å²) in [5.74, 6) is -0.628. The number of aromatic amines is 2. The topological polar surface area (TPSA) is 99.9 Å². The number of hydrogen-bond donors (Lipinski definition) is 3. The fourth-order valence-corrected chi connectivity index (χ4v) is 2.94. The van der Waals surface area contributed by atoms with Crippen molar-refractivity contribution in [2.45, 2.75) is 12.8 Å². The molecule has 2 aromatic heterocycles. The Morgan fingerprint density at radius 2 is 2.17 bits per heavy atom. The molecule has 1 aliphatic heterocycles. The van der Waals surface area contributed by atoms with Gasteiger partial charge in [0.15, 0.2) is 4.77 Å². The van der Waals surface area contributed by atoms with Crippen molar-refractivity contribution in [1.82, 2.24) is 15.0 Å². The Labute approximate surface area is 136 Å². The lowest BCUT2D eigenvalue weighted by atomic mass is 9.83. The summed E-state index contributed by atoms with van der Waals surface area (Å²) in [5, 5.41) is 3.02. The standard InChI is InChI=1S/C15H14N4O3S/c1-7-9(14(21)22-2)10(8-4-3-5-16-6-8)11-12(17-7)18-15(23)19-13(11)20/h3-6,10H,1-2H3,(H3,17,18,19,20,23). The molecule has 0 amide bonds. The van der Waals surface area contributed by atoms with Crippen LogP contribution in [0, 0.1) is 4.77 Å². The summed E-state index contributed by atoms with van der Waals surface area (Å²) in [6.07, 6.45) is 3.25. The van der Waals surface area contributed by atoms with Crippen molar-refractivity contribution in [3.05, 3.63) is 62.0 Å². The van der Waals surface area contributed by atoms with Crippen LogP contribution >= 0.6 is 12.2 Å². The first-order chi connectivity index (χ1) is 11.0. The van der Waals surface area contributed by atoms with Gasteiger partial charge < -0.3 is 15.0 Å². The largest absolute Gasteiger partial charge is 0.466 e. The lowest BCUT2D eigenvalue weighted by Gasteiger charge is -2.28. The average molecular weight is 330 g/mol. The van der Waals surface area contributed by atoms with E-state index in [9.17, 15) is 9.59 Å². The lowest BCUT2D eigenvalue weighted by Crippen LogP contribution is -2.30. The molecule has 23 heavy (non-hydrogen) atoms. The fourth-order valence-electron chi connectivity index (χ4n) is 2.75. The number of pyridine rings is 1. The number of fused-ring (bicyclic) bond motifs is 1. The van der Waals surface area contributed by atoms with E-state index in [0.717, 1.165) is 0 Å². The number of carbonyl (C=O) groups is 1. The number of methoxy groups -OCH3 is 1. The summed E-state index contributed by atoms with van der Waals surface area (Å²) in [4.78, 5) is 34.3. The minimum atomic E-state index is -0.594. The lowest BCUT2D eigenvalue weighted by molar-refractivity contribution is -0.136. The maximum absolute atomic E-state index is 12.5. The molecular weight excluding hydrogens is 316 g/mol. The van der Waals surface area contributed by atoms with Crippen LogP contribution in [0.4, 0.5) is 5.82 Å². The molecule has 0 aliphatic carbocycles. The van der Waals surface area contributed by atoms with Crippen molar-refractivity contribution < 1.29 is 9.53 Å². The molecule has 1 atom stereocenters. The van der Waals surface area contributed by atoms with E-state index < -0.39 is 11.9 Å². The summed E-state index contributed by atoms with van der Waals surface area (Å²) < 4.78 is 5.10. The van der Waals surface area contributed by atoms with Gasteiger partial charge in [0.1, 0.15) is 5.82 Å². The van der Waals surface area contributed by atoms with Gasteiger partial charge >= 0.3 is 5.97 Å². The molecule has 7 nitrogen and oxygen atoms in total. The molecule has 0 bridgehead atoms. The van der Waals surface area contributed by atoms with E-state index in [4.69, 9.17) is 17.0 Å². The first kappa shape index (κ1) is 15.2. The van der Waals surface area contributed by atoms with Crippen LogP contribution < -0.4 is 10.9 Å². The Kier molecular flexibility index (Phi) is 3.83. The minimum absolute atomic E-state index is 0.209. The van der Waals surface area contributed by atoms with Crippen LogP contribution in [0.1, 0.15) is 24.0 Å². The van der Waals surface area contributed by atoms with Gasteiger partial charge in [-0.25, -0.2) is 4.79 Å². The van der Waals surface area contributed by atoms with E-state index in [1.165, 1.54) is 7.11 Å². The number of carbonyl (C=O) groups excluding carboxylic acids is 1. The molecule has 118 valence electrons. The van der Waals surface area contributed by atoms with Crippen molar-refractivity contribution in [2.75, 3.05) is 12.4 Å². The summed E-state index contributed by atoms with van der Waals surface area (Å²) in [6, 6.07) is 3.56. The normalized spacial score (nSPS) is 16.5. The number of aromatic nitrogens is 3. The van der Waals surface area contributed by atoms with Gasteiger partial charge in [-0.15, -0.1) is 0 Å². The molecule has 3 rings (SSSR count). The van der Waals surface area contributed by atoms with Gasteiger partial charge in [0.2, 0.25) is 0 Å². The molecule has 8 heteroatoms. The molecule has 1 aliphatic rings. The number of ether oxygens (including phenoxy) is 1. The van der Waals surface area contributed by atoms with Gasteiger partial charge in [-0.05, 0) is 30.8 Å². The number of anilines is 1. The maximum atomic E-state index is 12.5. The van der Waals surface area contributed by atoms with Crippen LogP contribution in [0.2, 0.25) is 0 Å². The Bertz CT molecular complexity index is 914. The monoisotopic (exact) mass is 330 g/mol. The fraction of sp³-hybridized carbons (Fsp3) is 0.200. The molecule has 0 fully saturated rings. The van der Waals surface area contributed by atoms with E-state index in [-0.39, 0.29) is 10.3 Å². The summed E-state index contributed by atoms with van der Waals surface area (Å²) in [5.41, 5.74) is 1.68. The van der Waals surface area contributed by atoms with Gasteiger partial charge in [-0.2, -0.15) is 0 Å². The second-order valence-corrected chi connectivity index (χ2v) is 5.48. The quantitative estimate of drug-likeness (QED) is 0.574. The van der Waals surface area contributed by atoms with Crippen LogP contribution in [0.15, 0.2) is 40.6 Å². The van der Waals surface area contributed by atoms with Gasteiger partial charge in [0, 0.05) is 18.1 Å². The van der Waals surface area contributed by atoms with Crippen molar-refractivity contribution in [3.8, 4) is 0 Å². The molecule has 0 aromatic carbocycles. The number of rotatable bonds is 2. The molecular formula is C15H14N4O3S. The van der Waals surface area contributed by atoms with E-state index in [2.05, 4.69) is 20.3 Å². The highest BCUT2D eigenvalue weighted by Crippen LogP contribution is 2.38. The van der Waals surface area contributed by atoms with Crippen molar-refractivity contribution in [1.29, 1.82) is 0 Å². The Morgan fingerprint density at radius 1 is 1.39 bits per heavy atom. The molecule has 3 heterocycles. The zero-order valence-electron chi connectivity index (χ0n) is 12.5. The summed E-state index contributed by atoms with van der Waals surface area (Å²) >= 11 is 5.01. The van der Waals surface area contributed by atoms with Crippen LogP contribution in [-0.2, 0) is 9.53 Å². The second kappa shape index (κ2) is 5.81. The van der Waals surface area contributed by atoms with Crippen LogP contribution in [0.25, 0.3) is 0 Å². The first-order valence-corrected chi connectivity index (χ1v) is 7.26. The molecule has 2 aromatic rings. The number of allylic oxidation sites excluding steroid dienone is 1.